The number of rotatable bonds is 7. The first kappa shape index (κ1) is 20.7. The van der Waals surface area contributed by atoms with E-state index in [9.17, 15) is 9.59 Å². The van der Waals surface area contributed by atoms with E-state index in [4.69, 9.17) is 4.74 Å². The first-order chi connectivity index (χ1) is 14.7. The number of anilines is 1. The molecule has 0 saturated carbocycles. The molecule has 8 heteroatoms. The number of carbonyl (C=O) groups is 2. The first-order valence-electron chi connectivity index (χ1n) is 9.79. The van der Waals surface area contributed by atoms with Gasteiger partial charge in [-0.05, 0) is 41.1 Å². The Labute approximate surface area is 183 Å². The van der Waals surface area contributed by atoms with Crippen LogP contribution in [-0.4, -0.2) is 49.6 Å². The largest absolute Gasteiger partial charge is 0.379 e. The van der Waals surface area contributed by atoms with Gasteiger partial charge in [0.2, 0.25) is 0 Å². The van der Waals surface area contributed by atoms with Gasteiger partial charge in [-0.3, -0.25) is 14.5 Å². The lowest BCUT2D eigenvalue weighted by Crippen LogP contribution is -2.43. The van der Waals surface area contributed by atoms with Crippen molar-refractivity contribution in [1.29, 1.82) is 0 Å². The summed E-state index contributed by atoms with van der Waals surface area (Å²) in [7, 11) is 0. The molecule has 3 aromatic rings. The van der Waals surface area contributed by atoms with Crippen molar-refractivity contribution < 1.29 is 14.3 Å². The van der Waals surface area contributed by atoms with Gasteiger partial charge in [0, 0.05) is 35.8 Å². The highest BCUT2D eigenvalue weighted by molar-refractivity contribution is 7.12. The summed E-state index contributed by atoms with van der Waals surface area (Å²) in [5.74, 6) is -0.329. The SMILES string of the molecule is O=C(NCC(c1cccs1)N1CCOCC1)c1cccc(NC(=O)c2cccs2)c1. The Bertz CT molecular complexity index is 967. The molecule has 0 bridgehead atoms. The van der Waals surface area contributed by atoms with Crippen molar-refractivity contribution in [2.75, 3.05) is 38.2 Å². The summed E-state index contributed by atoms with van der Waals surface area (Å²) in [6.45, 7) is 3.64. The molecule has 30 heavy (non-hydrogen) atoms. The molecular formula is C22H23N3O3S2. The normalized spacial score (nSPS) is 15.5. The van der Waals surface area contributed by atoms with E-state index in [2.05, 4.69) is 27.0 Å². The predicted octanol–water partition coefficient (Wildman–Crippen LogP) is 3.87. The molecule has 1 aromatic carbocycles. The van der Waals surface area contributed by atoms with E-state index in [-0.39, 0.29) is 17.9 Å². The van der Waals surface area contributed by atoms with Crippen molar-refractivity contribution >= 4 is 40.2 Å². The van der Waals surface area contributed by atoms with Gasteiger partial charge in [-0.15, -0.1) is 22.7 Å². The van der Waals surface area contributed by atoms with Crippen LogP contribution in [0.2, 0.25) is 0 Å². The van der Waals surface area contributed by atoms with Crippen LogP contribution in [-0.2, 0) is 4.74 Å². The number of nitrogens with one attached hydrogen (secondary N) is 2. The van der Waals surface area contributed by atoms with Gasteiger partial charge in [0.25, 0.3) is 11.8 Å². The third-order valence-corrected chi connectivity index (χ3v) is 6.78. The fourth-order valence-electron chi connectivity index (χ4n) is 3.41. The molecule has 156 valence electrons. The zero-order chi connectivity index (χ0) is 20.8. The second kappa shape index (κ2) is 9.99. The minimum absolute atomic E-state index is 0.125. The molecule has 1 aliphatic rings. The maximum Gasteiger partial charge on any atom is 0.265 e. The lowest BCUT2D eigenvalue weighted by molar-refractivity contribution is 0.0169. The monoisotopic (exact) mass is 441 g/mol. The van der Waals surface area contributed by atoms with Gasteiger partial charge in [0.05, 0.1) is 24.1 Å². The van der Waals surface area contributed by atoms with Crippen LogP contribution in [0.5, 0.6) is 0 Å². The minimum atomic E-state index is -0.173. The Kier molecular flexibility index (Phi) is 6.91. The Hall–Kier alpha value is -2.52. The van der Waals surface area contributed by atoms with Crippen molar-refractivity contribution in [3.05, 3.63) is 74.6 Å². The fraction of sp³-hybridized carbons (Fsp3) is 0.273. The molecule has 2 amide bonds. The van der Waals surface area contributed by atoms with Crippen LogP contribution in [0.3, 0.4) is 0 Å². The number of hydrogen-bond acceptors (Lipinski definition) is 6. The zero-order valence-corrected chi connectivity index (χ0v) is 18.0. The van der Waals surface area contributed by atoms with E-state index >= 15 is 0 Å². The third-order valence-electron chi connectivity index (χ3n) is 4.94. The number of amides is 2. The molecule has 1 atom stereocenters. The molecule has 6 nitrogen and oxygen atoms in total. The van der Waals surface area contributed by atoms with E-state index in [0.29, 0.717) is 35.9 Å². The molecule has 4 rings (SSSR count). The number of hydrogen-bond donors (Lipinski definition) is 2. The Morgan fingerprint density at radius 1 is 1.00 bits per heavy atom. The summed E-state index contributed by atoms with van der Waals surface area (Å²) in [5, 5.41) is 9.84. The van der Waals surface area contributed by atoms with Crippen LogP contribution < -0.4 is 10.6 Å². The van der Waals surface area contributed by atoms with E-state index in [1.807, 2.05) is 17.5 Å². The van der Waals surface area contributed by atoms with Gasteiger partial charge in [0.15, 0.2) is 0 Å². The molecule has 0 radical (unpaired) electrons. The summed E-state index contributed by atoms with van der Waals surface area (Å²) in [4.78, 5) is 29.3. The number of thiophene rings is 2. The highest BCUT2D eigenvalue weighted by Crippen LogP contribution is 2.25. The summed E-state index contributed by atoms with van der Waals surface area (Å²) >= 11 is 3.08. The van der Waals surface area contributed by atoms with Gasteiger partial charge >= 0.3 is 0 Å². The molecule has 2 aromatic heterocycles. The van der Waals surface area contributed by atoms with Gasteiger partial charge in [-0.1, -0.05) is 18.2 Å². The standard InChI is InChI=1S/C22H23N3O3S2/c26-21(16-4-1-5-17(14-16)24-22(27)20-7-3-13-30-20)23-15-18(19-6-2-12-29-19)25-8-10-28-11-9-25/h1-7,12-14,18H,8-11,15H2,(H,23,26)(H,24,27). The molecule has 1 unspecified atom stereocenters. The summed E-state index contributed by atoms with van der Waals surface area (Å²) in [5.41, 5.74) is 1.12. The van der Waals surface area contributed by atoms with Gasteiger partial charge < -0.3 is 15.4 Å². The summed E-state index contributed by atoms with van der Waals surface area (Å²) in [6.07, 6.45) is 0. The second-order valence-corrected chi connectivity index (χ2v) is 8.83. The summed E-state index contributed by atoms with van der Waals surface area (Å²) < 4.78 is 5.47. The average Bonchev–Trinajstić information content (AvgIpc) is 3.49. The average molecular weight is 442 g/mol. The van der Waals surface area contributed by atoms with Crippen molar-refractivity contribution in [2.45, 2.75) is 6.04 Å². The van der Waals surface area contributed by atoms with E-state index < -0.39 is 0 Å². The van der Waals surface area contributed by atoms with Gasteiger partial charge in [0.1, 0.15) is 0 Å². The lowest BCUT2D eigenvalue weighted by Gasteiger charge is -2.34. The van der Waals surface area contributed by atoms with Crippen molar-refractivity contribution in [2.24, 2.45) is 0 Å². The van der Waals surface area contributed by atoms with Crippen LogP contribution in [0.25, 0.3) is 0 Å². The molecule has 1 aliphatic heterocycles. The van der Waals surface area contributed by atoms with Crippen LogP contribution in [0.15, 0.2) is 59.3 Å². The van der Waals surface area contributed by atoms with E-state index in [0.717, 1.165) is 13.1 Å². The predicted molar refractivity (Wildman–Crippen MR) is 120 cm³/mol. The first-order valence-corrected chi connectivity index (χ1v) is 11.5. The maximum absolute atomic E-state index is 12.8. The molecule has 0 spiro atoms. The van der Waals surface area contributed by atoms with E-state index in [1.165, 1.54) is 16.2 Å². The third kappa shape index (κ3) is 5.14. The van der Waals surface area contributed by atoms with Crippen molar-refractivity contribution in [1.82, 2.24) is 10.2 Å². The van der Waals surface area contributed by atoms with E-state index in [1.54, 1.807) is 41.7 Å². The molecule has 3 heterocycles. The minimum Gasteiger partial charge on any atom is -0.379 e. The molecule has 0 aliphatic carbocycles. The number of nitrogens with zero attached hydrogens (tertiary/aromatic N) is 1. The van der Waals surface area contributed by atoms with Gasteiger partial charge in [-0.25, -0.2) is 0 Å². The second-order valence-electron chi connectivity index (χ2n) is 6.90. The van der Waals surface area contributed by atoms with Crippen molar-refractivity contribution in [3.8, 4) is 0 Å². The highest BCUT2D eigenvalue weighted by atomic mass is 32.1. The smallest absolute Gasteiger partial charge is 0.265 e. The molecule has 2 N–H and O–H groups in total. The Balaban J connectivity index is 1.40. The number of morpholine rings is 1. The number of benzene rings is 1. The molecule has 1 saturated heterocycles. The Morgan fingerprint density at radius 3 is 2.53 bits per heavy atom. The zero-order valence-electron chi connectivity index (χ0n) is 16.4. The fourth-order valence-corrected chi connectivity index (χ4v) is 4.89. The summed E-state index contributed by atoms with van der Waals surface area (Å²) in [6, 6.07) is 14.9. The molecular weight excluding hydrogens is 418 g/mol. The Morgan fingerprint density at radius 2 is 1.80 bits per heavy atom. The van der Waals surface area contributed by atoms with Crippen LogP contribution in [0.1, 0.15) is 30.9 Å². The topological polar surface area (TPSA) is 70.7 Å². The van der Waals surface area contributed by atoms with Crippen molar-refractivity contribution in [3.63, 3.8) is 0 Å². The maximum atomic E-state index is 12.8. The number of ether oxygens (including phenoxy) is 1. The van der Waals surface area contributed by atoms with Gasteiger partial charge in [-0.2, -0.15) is 0 Å². The van der Waals surface area contributed by atoms with Crippen LogP contribution >= 0.6 is 22.7 Å². The van der Waals surface area contributed by atoms with Crippen LogP contribution in [0, 0.1) is 0 Å². The highest BCUT2D eigenvalue weighted by Gasteiger charge is 2.24. The molecule has 1 fully saturated rings. The number of carbonyl (C=O) groups excluding carboxylic acids is 2. The lowest BCUT2D eigenvalue weighted by atomic mass is 10.1. The quantitative estimate of drug-likeness (QED) is 0.584. The van der Waals surface area contributed by atoms with Crippen LogP contribution in [0.4, 0.5) is 5.69 Å².